The average Bonchev–Trinajstić information content (AvgIpc) is 3.40. The average molecular weight is 836 g/mol. The van der Waals surface area contributed by atoms with E-state index < -0.39 is 105 Å². The van der Waals surface area contributed by atoms with Gasteiger partial charge in [-0.3, -0.25) is 29.1 Å². The van der Waals surface area contributed by atoms with Crippen LogP contribution in [0.3, 0.4) is 0 Å². The van der Waals surface area contributed by atoms with Gasteiger partial charge in [0.2, 0.25) is 0 Å². The predicted octanol–water partition coefficient (Wildman–Crippen LogP) is 7.79. The number of esters is 3. The molecule has 4 aliphatic rings. The van der Waals surface area contributed by atoms with Gasteiger partial charge < -0.3 is 28.4 Å². The zero-order valence-corrected chi connectivity index (χ0v) is 38.5. The third-order valence-electron chi connectivity index (χ3n) is 12.7. The summed E-state index contributed by atoms with van der Waals surface area (Å²) in [6.07, 6.45) is -1.62. The van der Waals surface area contributed by atoms with Gasteiger partial charge in [-0.1, -0.05) is 0 Å². The standard InChI is InChI=1S/C44H73N3O12/c1-16-54-36(51)45-39(4,5)21-27(22-40(45,6)7)33(48)57-30-19-31(58-34(49)28-23-41(8,9)46(37(52)55-17-2)42(10,11)24-28)32(20-30)59-35(50)29-25-43(12,13)47(38(53)56-18-3)44(14,15)26-29/h27-32H,16-26H2,1-15H3. The van der Waals surface area contributed by atoms with Crippen molar-refractivity contribution in [3.63, 3.8) is 0 Å². The van der Waals surface area contributed by atoms with Crippen molar-refractivity contribution >= 4 is 36.2 Å². The first-order valence-corrected chi connectivity index (χ1v) is 21.6. The highest BCUT2D eigenvalue weighted by Crippen LogP contribution is 2.46. The quantitative estimate of drug-likeness (QED) is 0.164. The van der Waals surface area contributed by atoms with Crippen molar-refractivity contribution < 1.29 is 57.2 Å². The fourth-order valence-electron chi connectivity index (χ4n) is 11.4. The van der Waals surface area contributed by atoms with Crippen molar-refractivity contribution in [2.45, 2.75) is 207 Å². The first-order chi connectivity index (χ1) is 27.0. The molecule has 0 radical (unpaired) electrons. The van der Waals surface area contributed by atoms with Crippen molar-refractivity contribution in [3.8, 4) is 0 Å². The van der Waals surface area contributed by atoms with Crippen molar-refractivity contribution in [3.05, 3.63) is 0 Å². The summed E-state index contributed by atoms with van der Waals surface area (Å²) < 4.78 is 34.8. The second-order valence-corrected chi connectivity index (χ2v) is 20.8. The van der Waals surface area contributed by atoms with Gasteiger partial charge in [-0.05, 0) is 142 Å². The molecule has 0 spiro atoms. The Morgan fingerprint density at radius 1 is 0.407 bits per heavy atom. The van der Waals surface area contributed by atoms with Gasteiger partial charge in [-0.15, -0.1) is 0 Å². The lowest BCUT2D eigenvalue weighted by Gasteiger charge is -2.54. The van der Waals surface area contributed by atoms with Crippen LogP contribution in [0.25, 0.3) is 0 Å². The second kappa shape index (κ2) is 17.3. The molecule has 0 aromatic heterocycles. The lowest BCUT2D eigenvalue weighted by Crippen LogP contribution is -2.64. The molecule has 15 heteroatoms. The number of piperidine rings is 3. The fraction of sp³-hybridized carbons (Fsp3) is 0.864. The molecule has 0 bridgehead atoms. The highest BCUT2D eigenvalue weighted by molar-refractivity contribution is 5.77. The van der Waals surface area contributed by atoms with Crippen LogP contribution in [0.5, 0.6) is 0 Å². The lowest BCUT2D eigenvalue weighted by molar-refractivity contribution is -0.177. The molecule has 3 amide bonds. The Balaban J connectivity index is 1.56. The van der Waals surface area contributed by atoms with E-state index in [2.05, 4.69) is 0 Å². The Morgan fingerprint density at radius 2 is 0.627 bits per heavy atom. The largest absolute Gasteiger partial charge is 0.462 e. The van der Waals surface area contributed by atoms with Gasteiger partial charge in [0.05, 0.1) is 37.6 Å². The number of carbonyl (C=O) groups excluding carboxylic acids is 6. The molecule has 1 saturated carbocycles. The van der Waals surface area contributed by atoms with Crippen LogP contribution in [0.1, 0.15) is 155 Å². The van der Waals surface area contributed by atoms with Gasteiger partial charge in [0.25, 0.3) is 0 Å². The number of hydrogen-bond acceptors (Lipinski definition) is 12. The molecule has 3 aliphatic heterocycles. The monoisotopic (exact) mass is 836 g/mol. The topological polar surface area (TPSA) is 168 Å². The normalized spacial score (nSPS) is 27.3. The molecule has 0 N–H and O–H groups in total. The van der Waals surface area contributed by atoms with E-state index in [0.717, 1.165) is 0 Å². The minimum atomic E-state index is -0.905. The molecule has 4 rings (SSSR count). The lowest BCUT2D eigenvalue weighted by atomic mass is 9.74. The van der Waals surface area contributed by atoms with E-state index in [9.17, 15) is 28.8 Å². The molecule has 0 aromatic carbocycles. The van der Waals surface area contributed by atoms with Crippen molar-refractivity contribution in [1.82, 2.24) is 14.7 Å². The number of likely N-dealkylation sites (tertiary alicyclic amines) is 3. The summed E-state index contributed by atoms with van der Waals surface area (Å²) in [5.74, 6) is -3.07. The zero-order chi connectivity index (χ0) is 44.7. The zero-order valence-electron chi connectivity index (χ0n) is 38.5. The van der Waals surface area contributed by atoms with E-state index in [0.29, 0.717) is 38.5 Å². The van der Waals surface area contributed by atoms with Crippen LogP contribution in [-0.4, -0.2) is 122 Å². The Hall–Kier alpha value is -3.78. The van der Waals surface area contributed by atoms with Crippen LogP contribution in [0, 0.1) is 17.8 Å². The molecule has 2 unspecified atom stereocenters. The highest BCUT2D eigenvalue weighted by atomic mass is 16.6. The SMILES string of the molecule is CCOC(=O)N1C(C)(C)CC(C(=O)OC2CC(OC(=O)C3CC(C)(C)N(C(=O)OCC)C(C)(C)C3)C(OC(=O)C3CC(C)(C)N(C(=O)OCC)C(C)(C)C3)C2)CC1(C)C. The molecule has 3 heterocycles. The van der Waals surface area contributed by atoms with Crippen molar-refractivity contribution in [2.24, 2.45) is 17.8 Å². The van der Waals surface area contributed by atoms with E-state index in [-0.39, 0.29) is 32.7 Å². The number of hydrogen-bond donors (Lipinski definition) is 0. The van der Waals surface area contributed by atoms with Gasteiger partial charge in [0.15, 0.2) is 0 Å². The molecule has 2 atom stereocenters. The summed E-state index contributed by atoms with van der Waals surface area (Å²) in [5, 5.41) is 0. The van der Waals surface area contributed by atoms with Crippen LogP contribution < -0.4 is 0 Å². The third-order valence-corrected chi connectivity index (χ3v) is 12.7. The third kappa shape index (κ3) is 10.4. The van der Waals surface area contributed by atoms with Gasteiger partial charge in [0.1, 0.15) is 18.3 Å². The number of amides is 3. The molecule has 0 aromatic rings. The first-order valence-electron chi connectivity index (χ1n) is 21.6. The molecule has 3 saturated heterocycles. The summed E-state index contributed by atoms with van der Waals surface area (Å²) >= 11 is 0. The molecule has 1 aliphatic carbocycles. The van der Waals surface area contributed by atoms with Gasteiger partial charge in [0, 0.05) is 46.1 Å². The molecule has 15 nitrogen and oxygen atoms in total. The molecule has 336 valence electrons. The minimum absolute atomic E-state index is 0.122. The summed E-state index contributed by atoms with van der Waals surface area (Å²) in [7, 11) is 0. The Kier molecular flexibility index (Phi) is 14.0. The maximum atomic E-state index is 14.1. The Bertz CT molecular complexity index is 1470. The number of rotatable bonds is 9. The highest BCUT2D eigenvalue weighted by Gasteiger charge is 2.55. The Morgan fingerprint density at radius 3 is 0.847 bits per heavy atom. The number of carbonyl (C=O) groups is 6. The molecule has 4 fully saturated rings. The van der Waals surface area contributed by atoms with E-state index in [1.807, 2.05) is 83.1 Å². The number of ether oxygens (including phenoxy) is 6. The minimum Gasteiger partial charge on any atom is -0.462 e. The number of nitrogens with zero attached hydrogens (tertiary/aromatic N) is 3. The first kappa shape index (κ1) is 47.9. The van der Waals surface area contributed by atoms with Crippen LogP contribution in [0.4, 0.5) is 14.4 Å². The van der Waals surface area contributed by atoms with Crippen molar-refractivity contribution in [1.29, 1.82) is 0 Å². The Labute approximate surface area is 351 Å². The fourth-order valence-corrected chi connectivity index (χ4v) is 11.4. The second-order valence-electron chi connectivity index (χ2n) is 20.8. The van der Waals surface area contributed by atoms with E-state index in [4.69, 9.17) is 28.4 Å². The van der Waals surface area contributed by atoms with Crippen LogP contribution in [0.2, 0.25) is 0 Å². The van der Waals surface area contributed by atoms with Crippen LogP contribution in [0.15, 0.2) is 0 Å². The summed E-state index contributed by atoms with van der Waals surface area (Å²) in [4.78, 5) is 86.5. The maximum Gasteiger partial charge on any atom is 0.410 e. The molecular formula is C44H73N3O12. The van der Waals surface area contributed by atoms with Crippen LogP contribution >= 0.6 is 0 Å². The molecule has 59 heavy (non-hydrogen) atoms. The van der Waals surface area contributed by atoms with Crippen LogP contribution in [-0.2, 0) is 42.8 Å². The van der Waals surface area contributed by atoms with Gasteiger partial charge >= 0.3 is 36.2 Å². The van der Waals surface area contributed by atoms with E-state index >= 15 is 0 Å². The van der Waals surface area contributed by atoms with E-state index in [1.165, 1.54) is 0 Å². The molecular weight excluding hydrogens is 762 g/mol. The maximum absolute atomic E-state index is 14.1. The smallest absolute Gasteiger partial charge is 0.410 e. The summed E-state index contributed by atoms with van der Waals surface area (Å²) in [6, 6.07) is 0. The van der Waals surface area contributed by atoms with Crippen molar-refractivity contribution in [2.75, 3.05) is 19.8 Å². The summed E-state index contributed by atoms with van der Waals surface area (Å²) in [5.41, 5.74) is -4.37. The predicted molar refractivity (Wildman–Crippen MR) is 218 cm³/mol. The van der Waals surface area contributed by atoms with Gasteiger partial charge in [-0.25, -0.2) is 14.4 Å². The van der Waals surface area contributed by atoms with Gasteiger partial charge in [-0.2, -0.15) is 0 Å². The van der Waals surface area contributed by atoms with E-state index in [1.54, 1.807) is 35.5 Å². The summed E-state index contributed by atoms with van der Waals surface area (Å²) in [6.45, 7) is 28.8.